The highest BCUT2D eigenvalue weighted by Gasteiger charge is 2.14. The number of likely N-dealkylation sites (N-methyl/N-ethyl adjacent to an activating group) is 1. The van der Waals surface area contributed by atoms with Gasteiger partial charge in [-0.05, 0) is 42.8 Å². The van der Waals surface area contributed by atoms with Gasteiger partial charge in [-0.3, -0.25) is 4.79 Å². The normalized spacial score (nSPS) is 11.7. The predicted octanol–water partition coefficient (Wildman–Crippen LogP) is 2.32. The Labute approximate surface area is 153 Å². The molecule has 2 N–H and O–H groups in total. The van der Waals surface area contributed by atoms with Crippen LogP contribution in [0.2, 0.25) is 5.02 Å². The van der Waals surface area contributed by atoms with E-state index in [2.05, 4.69) is 5.32 Å². The van der Waals surface area contributed by atoms with Gasteiger partial charge in [0.1, 0.15) is 6.54 Å². The molecule has 0 aliphatic rings. The summed E-state index contributed by atoms with van der Waals surface area (Å²) in [4.78, 5) is 13.3. The molecule has 2 aromatic rings. The van der Waals surface area contributed by atoms with E-state index in [1.807, 2.05) is 50.4 Å². The summed E-state index contributed by atoms with van der Waals surface area (Å²) < 4.78 is 10.6. The zero-order valence-corrected chi connectivity index (χ0v) is 15.7. The molecule has 0 spiro atoms. The molecule has 0 bridgehead atoms. The number of carbonyl (C=O) groups excluding carboxylic acids is 1. The second kappa shape index (κ2) is 8.74. The molecule has 1 unspecified atom stereocenters. The van der Waals surface area contributed by atoms with E-state index in [0.717, 1.165) is 16.0 Å². The molecule has 0 saturated carbocycles. The first kappa shape index (κ1) is 19.1. The van der Waals surface area contributed by atoms with Crippen LogP contribution in [0.5, 0.6) is 11.5 Å². The minimum absolute atomic E-state index is 0.0799. The monoisotopic (exact) mass is 363 g/mol. The number of carbonyl (C=O) groups is 1. The Morgan fingerprint density at radius 2 is 1.84 bits per heavy atom. The molecule has 2 rings (SSSR count). The lowest BCUT2D eigenvalue weighted by Gasteiger charge is -2.15. The second-order valence-electron chi connectivity index (χ2n) is 6.03. The highest BCUT2D eigenvalue weighted by molar-refractivity contribution is 6.33. The molecule has 0 fully saturated rings. The first-order valence-electron chi connectivity index (χ1n) is 8.01. The van der Waals surface area contributed by atoms with Gasteiger partial charge in [-0.1, -0.05) is 17.7 Å². The van der Waals surface area contributed by atoms with Crippen molar-refractivity contribution in [2.24, 2.45) is 0 Å². The number of anilines is 1. The van der Waals surface area contributed by atoms with E-state index in [1.54, 1.807) is 14.2 Å². The molecular weight excluding hydrogens is 340 g/mol. The fourth-order valence-electron chi connectivity index (χ4n) is 2.59. The Morgan fingerprint density at radius 1 is 1.12 bits per heavy atom. The number of nitrogens with one attached hydrogen (secondary N) is 2. The molecule has 134 valence electrons. The molecule has 0 aromatic heterocycles. The molecule has 25 heavy (non-hydrogen) atoms. The summed E-state index contributed by atoms with van der Waals surface area (Å²) in [5.41, 5.74) is 2.76. The molecule has 0 saturated heterocycles. The molecule has 0 aliphatic heterocycles. The van der Waals surface area contributed by atoms with Gasteiger partial charge >= 0.3 is 0 Å². The van der Waals surface area contributed by atoms with E-state index >= 15 is 0 Å². The average Bonchev–Trinajstić information content (AvgIpc) is 2.57. The van der Waals surface area contributed by atoms with Crippen LogP contribution in [0.25, 0.3) is 0 Å². The number of hydrogen-bond acceptors (Lipinski definition) is 3. The zero-order chi connectivity index (χ0) is 18.4. The number of methoxy groups -OCH3 is 2. The minimum atomic E-state index is -0.0799. The Bertz CT molecular complexity index is 749. The first-order valence-corrected chi connectivity index (χ1v) is 8.39. The van der Waals surface area contributed by atoms with E-state index in [1.165, 1.54) is 0 Å². The van der Waals surface area contributed by atoms with Crippen molar-refractivity contribution in [3.8, 4) is 11.5 Å². The standard InChI is InChI=1S/C19H23ClN2O3/c1-13-5-7-16(15(20)9-13)21-19(23)12-22(2)11-14-6-8-17(24-3)18(10-14)25-4/h5-10H,11-12H2,1-4H3,(H,21,23)/p+1. The predicted molar refractivity (Wildman–Crippen MR) is 99.8 cm³/mol. The third-order valence-electron chi connectivity index (χ3n) is 3.81. The van der Waals surface area contributed by atoms with Crippen LogP contribution < -0.4 is 19.7 Å². The smallest absolute Gasteiger partial charge is 0.279 e. The van der Waals surface area contributed by atoms with Crippen molar-refractivity contribution in [3.63, 3.8) is 0 Å². The van der Waals surface area contributed by atoms with Crippen molar-refractivity contribution in [3.05, 3.63) is 52.5 Å². The first-order chi connectivity index (χ1) is 11.9. The zero-order valence-electron chi connectivity index (χ0n) is 15.0. The van der Waals surface area contributed by atoms with Crippen molar-refractivity contribution in [2.75, 3.05) is 33.1 Å². The van der Waals surface area contributed by atoms with Gasteiger partial charge in [0.25, 0.3) is 5.91 Å². The van der Waals surface area contributed by atoms with Gasteiger partial charge in [0.05, 0.1) is 32.0 Å². The molecule has 6 heteroatoms. The molecule has 2 aromatic carbocycles. The van der Waals surface area contributed by atoms with E-state index in [-0.39, 0.29) is 5.91 Å². The quantitative estimate of drug-likeness (QED) is 0.793. The van der Waals surface area contributed by atoms with Gasteiger partial charge in [-0.15, -0.1) is 0 Å². The van der Waals surface area contributed by atoms with Gasteiger partial charge in [-0.2, -0.15) is 0 Å². The molecule has 1 atom stereocenters. The van der Waals surface area contributed by atoms with Gasteiger partial charge in [0.15, 0.2) is 18.0 Å². The largest absolute Gasteiger partial charge is 0.493 e. The summed E-state index contributed by atoms with van der Waals surface area (Å²) in [6, 6.07) is 11.3. The van der Waals surface area contributed by atoms with Crippen LogP contribution >= 0.6 is 11.6 Å². The van der Waals surface area contributed by atoms with Crippen LogP contribution in [0.4, 0.5) is 5.69 Å². The Morgan fingerprint density at radius 3 is 2.48 bits per heavy atom. The number of quaternary nitrogens is 1. The third-order valence-corrected chi connectivity index (χ3v) is 4.13. The third kappa shape index (κ3) is 5.37. The molecular formula is C19H24ClN2O3+. The van der Waals surface area contributed by atoms with E-state index < -0.39 is 0 Å². The van der Waals surface area contributed by atoms with E-state index in [0.29, 0.717) is 35.3 Å². The fourth-order valence-corrected chi connectivity index (χ4v) is 2.87. The summed E-state index contributed by atoms with van der Waals surface area (Å²) in [6.45, 7) is 2.98. The lowest BCUT2D eigenvalue weighted by molar-refractivity contribution is -0.885. The summed E-state index contributed by atoms with van der Waals surface area (Å²) in [5.74, 6) is 1.29. The van der Waals surface area contributed by atoms with Crippen molar-refractivity contribution in [1.29, 1.82) is 0 Å². The number of hydrogen-bond donors (Lipinski definition) is 2. The lowest BCUT2D eigenvalue weighted by Crippen LogP contribution is -3.08. The number of benzene rings is 2. The Kier molecular flexibility index (Phi) is 6.67. The summed E-state index contributed by atoms with van der Waals surface area (Å²) in [6.07, 6.45) is 0. The Balaban J connectivity index is 1.95. The number of amides is 1. The molecule has 0 radical (unpaired) electrons. The fraction of sp³-hybridized carbons (Fsp3) is 0.316. The Hall–Kier alpha value is -2.24. The number of halogens is 1. The van der Waals surface area contributed by atoms with Crippen LogP contribution in [0.1, 0.15) is 11.1 Å². The second-order valence-corrected chi connectivity index (χ2v) is 6.44. The van der Waals surface area contributed by atoms with Crippen LogP contribution in [0.15, 0.2) is 36.4 Å². The van der Waals surface area contributed by atoms with Crippen LogP contribution in [0.3, 0.4) is 0 Å². The lowest BCUT2D eigenvalue weighted by atomic mass is 10.2. The summed E-state index contributed by atoms with van der Waals surface area (Å²) >= 11 is 6.15. The molecule has 0 heterocycles. The minimum Gasteiger partial charge on any atom is -0.493 e. The SMILES string of the molecule is COc1ccc(C[NH+](C)CC(=O)Nc2ccc(C)cc2Cl)cc1OC. The van der Waals surface area contributed by atoms with Gasteiger partial charge in [0, 0.05) is 5.56 Å². The summed E-state index contributed by atoms with van der Waals surface area (Å²) in [7, 11) is 5.18. The molecule has 5 nitrogen and oxygen atoms in total. The van der Waals surface area contributed by atoms with E-state index in [9.17, 15) is 4.79 Å². The summed E-state index contributed by atoms with van der Waals surface area (Å²) in [5, 5.41) is 3.41. The maximum atomic E-state index is 12.2. The highest BCUT2D eigenvalue weighted by atomic mass is 35.5. The number of rotatable bonds is 7. The maximum absolute atomic E-state index is 12.2. The van der Waals surface area contributed by atoms with E-state index in [4.69, 9.17) is 21.1 Å². The number of ether oxygens (including phenoxy) is 2. The van der Waals surface area contributed by atoms with Crippen LogP contribution in [-0.2, 0) is 11.3 Å². The highest BCUT2D eigenvalue weighted by Crippen LogP contribution is 2.27. The molecule has 1 amide bonds. The van der Waals surface area contributed by atoms with Crippen LogP contribution in [0, 0.1) is 6.92 Å². The molecule has 0 aliphatic carbocycles. The van der Waals surface area contributed by atoms with Crippen LogP contribution in [-0.4, -0.2) is 33.7 Å². The maximum Gasteiger partial charge on any atom is 0.279 e. The van der Waals surface area contributed by atoms with Crippen molar-refractivity contribution < 1.29 is 19.2 Å². The number of aryl methyl sites for hydroxylation is 1. The van der Waals surface area contributed by atoms with Gasteiger partial charge in [0.2, 0.25) is 0 Å². The topological polar surface area (TPSA) is 52.0 Å². The van der Waals surface area contributed by atoms with Gasteiger partial charge < -0.3 is 19.7 Å². The van der Waals surface area contributed by atoms with Crippen molar-refractivity contribution in [1.82, 2.24) is 0 Å². The average molecular weight is 364 g/mol. The van der Waals surface area contributed by atoms with Crippen molar-refractivity contribution in [2.45, 2.75) is 13.5 Å². The van der Waals surface area contributed by atoms with Gasteiger partial charge in [-0.25, -0.2) is 0 Å². The van der Waals surface area contributed by atoms with Crippen molar-refractivity contribution >= 4 is 23.2 Å².